The summed E-state index contributed by atoms with van der Waals surface area (Å²) in [5.74, 6) is -0.811. The number of primary amides is 1. The highest BCUT2D eigenvalue weighted by atomic mass is 35.5. The Morgan fingerprint density at radius 1 is 1.21 bits per heavy atom. The minimum absolute atomic E-state index is 0.0104. The lowest BCUT2D eigenvalue weighted by molar-refractivity contribution is -0.384. The quantitative estimate of drug-likeness (QED) is 0.311. The van der Waals surface area contributed by atoms with Gasteiger partial charge in [-0.15, -0.1) is 0 Å². The first-order chi connectivity index (χ1) is 13.5. The molecule has 2 amide bonds. The molecule has 0 aliphatic carbocycles. The molecule has 0 saturated carbocycles. The van der Waals surface area contributed by atoms with Crippen LogP contribution in [0.4, 0.5) is 10.5 Å². The molecule has 0 unspecified atom stereocenters. The fraction of sp³-hybridized carbons (Fsp3) is 0.556. The molecule has 10 nitrogen and oxygen atoms in total. The van der Waals surface area contributed by atoms with Crippen LogP contribution in [0, 0.1) is 10.1 Å². The number of benzene rings is 1. The summed E-state index contributed by atoms with van der Waals surface area (Å²) < 4.78 is 16.0. The van der Waals surface area contributed by atoms with Gasteiger partial charge in [0.05, 0.1) is 11.5 Å². The van der Waals surface area contributed by atoms with Crippen LogP contribution in [0.5, 0.6) is 5.75 Å². The van der Waals surface area contributed by atoms with Gasteiger partial charge in [0.2, 0.25) is 5.91 Å². The number of ether oxygens (including phenoxy) is 3. The van der Waals surface area contributed by atoms with Gasteiger partial charge in [-0.3, -0.25) is 14.9 Å². The highest BCUT2D eigenvalue weighted by molar-refractivity contribution is 6.34. The molecule has 29 heavy (non-hydrogen) atoms. The fourth-order valence-corrected chi connectivity index (χ4v) is 2.32. The number of nitro groups is 1. The molecular weight excluding hydrogens is 406 g/mol. The monoisotopic (exact) mass is 431 g/mol. The molecule has 0 bridgehead atoms. The zero-order chi connectivity index (χ0) is 22.0. The molecule has 0 aliphatic heterocycles. The minimum Gasteiger partial charge on any atom is -0.492 e. The predicted molar refractivity (Wildman–Crippen MR) is 106 cm³/mol. The average Bonchev–Trinajstić information content (AvgIpc) is 2.59. The molecule has 0 fully saturated rings. The number of nitrogens with zero attached hydrogens (tertiary/aromatic N) is 1. The normalized spacial score (nSPS) is 11.0. The standard InChI is InChI=1S/C18H26ClN3O7/c1-18(2,3)29-17(24)21-6-4-7-27-8-5-9-28-14-11-12(16(20)23)10-13(15(14)19)22(25)26/h10-11H,4-9H2,1-3H3,(H2,20,23)(H,21,24). The summed E-state index contributed by atoms with van der Waals surface area (Å²) in [7, 11) is 0. The summed E-state index contributed by atoms with van der Waals surface area (Å²) in [5, 5.41) is 13.4. The van der Waals surface area contributed by atoms with Gasteiger partial charge in [0.1, 0.15) is 11.4 Å². The predicted octanol–water partition coefficient (Wildman–Crippen LogP) is 3.05. The number of nitro benzene ring substituents is 1. The van der Waals surface area contributed by atoms with Gasteiger partial charge in [-0.1, -0.05) is 11.6 Å². The molecule has 0 heterocycles. The van der Waals surface area contributed by atoms with Gasteiger partial charge < -0.3 is 25.3 Å². The van der Waals surface area contributed by atoms with Crippen molar-refractivity contribution >= 4 is 29.3 Å². The lowest BCUT2D eigenvalue weighted by atomic mass is 10.2. The van der Waals surface area contributed by atoms with Gasteiger partial charge in [0, 0.05) is 37.8 Å². The Morgan fingerprint density at radius 2 is 1.86 bits per heavy atom. The number of halogens is 1. The van der Waals surface area contributed by atoms with E-state index in [4.69, 9.17) is 31.5 Å². The molecule has 0 spiro atoms. The Bertz CT molecular complexity index is 735. The number of carbonyl (C=O) groups is 2. The Morgan fingerprint density at radius 3 is 2.45 bits per heavy atom. The minimum atomic E-state index is -0.821. The van der Waals surface area contributed by atoms with E-state index in [9.17, 15) is 19.7 Å². The number of alkyl carbamates (subject to hydrolysis) is 1. The smallest absolute Gasteiger partial charge is 0.407 e. The molecule has 11 heteroatoms. The van der Waals surface area contributed by atoms with Gasteiger partial charge in [0.25, 0.3) is 5.69 Å². The molecule has 0 aliphatic rings. The first-order valence-corrected chi connectivity index (χ1v) is 9.34. The summed E-state index contributed by atoms with van der Waals surface area (Å²) in [5.41, 5.74) is 4.11. The topological polar surface area (TPSA) is 143 Å². The first kappa shape index (κ1) is 24.4. The third-order valence-corrected chi connectivity index (χ3v) is 3.71. The number of nitrogens with two attached hydrogens (primary N) is 1. The molecule has 3 N–H and O–H groups in total. The van der Waals surface area contributed by atoms with Crippen molar-refractivity contribution in [2.45, 2.75) is 39.2 Å². The Labute approximate surface area is 173 Å². The number of amides is 2. The van der Waals surface area contributed by atoms with Crippen LogP contribution in [0.2, 0.25) is 5.02 Å². The van der Waals surface area contributed by atoms with Crippen LogP contribution in [0.1, 0.15) is 44.0 Å². The van der Waals surface area contributed by atoms with Crippen LogP contribution in [0.25, 0.3) is 0 Å². The summed E-state index contributed by atoms with van der Waals surface area (Å²) >= 11 is 5.95. The lowest BCUT2D eigenvalue weighted by Crippen LogP contribution is -2.33. The molecule has 1 aromatic carbocycles. The molecule has 1 aromatic rings. The second kappa shape index (κ2) is 11.4. The van der Waals surface area contributed by atoms with Crippen molar-refractivity contribution in [3.63, 3.8) is 0 Å². The van der Waals surface area contributed by atoms with E-state index in [1.807, 2.05) is 0 Å². The number of carbonyl (C=O) groups excluding carboxylic acids is 2. The SMILES string of the molecule is CC(C)(C)OC(=O)NCCCOCCCOc1cc(C(N)=O)cc([N+](=O)[O-])c1Cl. The van der Waals surface area contributed by atoms with E-state index in [0.717, 1.165) is 6.07 Å². The molecule has 162 valence electrons. The second-order valence-corrected chi connectivity index (χ2v) is 7.40. The Hall–Kier alpha value is -2.59. The Balaban J connectivity index is 2.29. The van der Waals surface area contributed by atoms with Crippen molar-refractivity contribution in [1.82, 2.24) is 5.32 Å². The van der Waals surface area contributed by atoms with E-state index < -0.39 is 28.2 Å². The van der Waals surface area contributed by atoms with Crippen LogP contribution in [-0.2, 0) is 9.47 Å². The molecule has 1 rings (SSSR count). The van der Waals surface area contributed by atoms with Crippen molar-refractivity contribution in [2.24, 2.45) is 5.73 Å². The van der Waals surface area contributed by atoms with Gasteiger partial charge in [-0.2, -0.15) is 0 Å². The third-order valence-electron chi connectivity index (χ3n) is 3.33. The van der Waals surface area contributed by atoms with Crippen molar-refractivity contribution in [3.8, 4) is 5.75 Å². The summed E-state index contributed by atoms with van der Waals surface area (Å²) in [6.45, 7) is 6.76. The van der Waals surface area contributed by atoms with E-state index >= 15 is 0 Å². The van der Waals surface area contributed by atoms with Crippen molar-refractivity contribution in [2.75, 3.05) is 26.4 Å². The van der Waals surface area contributed by atoms with E-state index in [-0.39, 0.29) is 22.9 Å². The maximum atomic E-state index is 11.5. The van der Waals surface area contributed by atoms with Crippen molar-refractivity contribution < 1.29 is 28.7 Å². The Kier molecular flexibility index (Phi) is 9.63. The largest absolute Gasteiger partial charge is 0.492 e. The van der Waals surface area contributed by atoms with Crippen molar-refractivity contribution in [1.29, 1.82) is 0 Å². The van der Waals surface area contributed by atoms with Gasteiger partial charge in [0.15, 0.2) is 5.02 Å². The number of hydrogen-bond acceptors (Lipinski definition) is 7. The molecular formula is C18H26ClN3O7. The van der Waals surface area contributed by atoms with E-state index in [1.54, 1.807) is 20.8 Å². The van der Waals surface area contributed by atoms with Gasteiger partial charge >= 0.3 is 6.09 Å². The van der Waals surface area contributed by atoms with Crippen LogP contribution < -0.4 is 15.8 Å². The number of hydrogen-bond donors (Lipinski definition) is 2. The van der Waals surface area contributed by atoms with Gasteiger partial charge in [-0.05, 0) is 33.3 Å². The number of nitrogens with one attached hydrogen (secondary N) is 1. The molecule has 0 aromatic heterocycles. The highest BCUT2D eigenvalue weighted by Crippen LogP contribution is 2.35. The lowest BCUT2D eigenvalue weighted by Gasteiger charge is -2.19. The summed E-state index contributed by atoms with van der Waals surface area (Å²) in [6.07, 6.45) is 0.624. The van der Waals surface area contributed by atoms with Crippen LogP contribution in [0.15, 0.2) is 12.1 Å². The maximum Gasteiger partial charge on any atom is 0.407 e. The molecule has 0 atom stereocenters. The summed E-state index contributed by atoms with van der Waals surface area (Å²) in [4.78, 5) is 33.1. The molecule has 0 radical (unpaired) electrons. The van der Waals surface area contributed by atoms with Crippen LogP contribution in [0.3, 0.4) is 0 Å². The summed E-state index contributed by atoms with van der Waals surface area (Å²) in [6, 6.07) is 2.27. The third kappa shape index (κ3) is 9.44. The fourth-order valence-electron chi connectivity index (χ4n) is 2.09. The zero-order valence-electron chi connectivity index (χ0n) is 16.7. The maximum absolute atomic E-state index is 11.5. The second-order valence-electron chi connectivity index (χ2n) is 7.03. The zero-order valence-corrected chi connectivity index (χ0v) is 17.4. The van der Waals surface area contributed by atoms with E-state index in [2.05, 4.69) is 5.32 Å². The van der Waals surface area contributed by atoms with E-state index in [0.29, 0.717) is 32.6 Å². The highest BCUT2D eigenvalue weighted by Gasteiger charge is 2.21. The van der Waals surface area contributed by atoms with Crippen LogP contribution in [-0.4, -0.2) is 48.9 Å². The van der Waals surface area contributed by atoms with Crippen molar-refractivity contribution in [3.05, 3.63) is 32.8 Å². The molecule has 0 saturated heterocycles. The van der Waals surface area contributed by atoms with Crippen LogP contribution >= 0.6 is 11.6 Å². The van der Waals surface area contributed by atoms with E-state index in [1.165, 1.54) is 6.07 Å². The van der Waals surface area contributed by atoms with Gasteiger partial charge in [-0.25, -0.2) is 4.79 Å². The number of rotatable bonds is 11. The average molecular weight is 432 g/mol. The first-order valence-electron chi connectivity index (χ1n) is 8.96.